The van der Waals surface area contributed by atoms with Crippen molar-refractivity contribution in [3.8, 4) is 0 Å². The van der Waals surface area contributed by atoms with Crippen LogP contribution in [0.4, 0.5) is 0 Å². The van der Waals surface area contributed by atoms with Gasteiger partial charge in [0, 0.05) is 12.6 Å². The number of rotatable bonds is 12. The molecule has 0 bridgehead atoms. The molecule has 0 aromatic heterocycles. The van der Waals surface area contributed by atoms with Crippen molar-refractivity contribution in [2.45, 2.75) is 73.1 Å². The maximum absolute atomic E-state index is 11.5. The number of allylic oxidation sites excluding steroid dienone is 7. The van der Waals surface area contributed by atoms with E-state index in [1.807, 2.05) is 6.92 Å². The number of carbonyl (C=O) groups is 1. The molecule has 0 spiro atoms. The summed E-state index contributed by atoms with van der Waals surface area (Å²) in [7, 11) is 0. The second-order valence-corrected chi connectivity index (χ2v) is 7.00. The molecule has 0 aliphatic carbocycles. The molecule has 1 amide bonds. The molecule has 25 heavy (non-hydrogen) atoms. The molecule has 2 N–H and O–H groups in total. The summed E-state index contributed by atoms with van der Waals surface area (Å²) in [6.45, 7) is 10.9. The van der Waals surface area contributed by atoms with Crippen LogP contribution in [0.25, 0.3) is 0 Å². The average Bonchev–Trinajstić information content (AvgIpc) is 2.52. The van der Waals surface area contributed by atoms with E-state index in [9.17, 15) is 4.79 Å². The third kappa shape index (κ3) is 15.6. The number of aliphatic hydroxyl groups excluding tert-OH is 1. The van der Waals surface area contributed by atoms with Crippen LogP contribution in [-0.2, 0) is 4.79 Å². The first-order valence-corrected chi connectivity index (χ1v) is 9.35. The van der Waals surface area contributed by atoms with Gasteiger partial charge in [0.25, 0.3) is 0 Å². The molecular formula is C22H37NO2. The number of hydrogen-bond donors (Lipinski definition) is 2. The van der Waals surface area contributed by atoms with Crippen molar-refractivity contribution in [2.75, 3.05) is 13.2 Å². The lowest BCUT2D eigenvalue weighted by atomic mass is 10.0. The molecular weight excluding hydrogens is 310 g/mol. The summed E-state index contributed by atoms with van der Waals surface area (Å²) in [6.07, 6.45) is 14.9. The van der Waals surface area contributed by atoms with Gasteiger partial charge in [0.1, 0.15) is 0 Å². The van der Waals surface area contributed by atoms with Crippen LogP contribution >= 0.6 is 0 Å². The second kappa shape index (κ2) is 14.7. The Labute approximate surface area is 154 Å². The van der Waals surface area contributed by atoms with Crippen molar-refractivity contribution in [2.24, 2.45) is 0 Å². The first-order valence-electron chi connectivity index (χ1n) is 9.35. The lowest BCUT2D eigenvalue weighted by Crippen LogP contribution is -2.24. The SMILES string of the molecule is CC(C)=CCCC(C)=CCCC(C)=CCCC(C)=CC(=O)NCCO. The standard InChI is InChI=1S/C22H37NO2/c1-18(2)9-6-10-19(3)11-7-12-20(4)13-8-14-21(5)17-22(25)23-15-16-24/h9,11,13,17,24H,6-8,10,12,14-16H2,1-5H3,(H,23,25). The van der Waals surface area contributed by atoms with E-state index in [1.165, 1.54) is 16.7 Å². The minimum absolute atomic E-state index is 0.0244. The lowest BCUT2D eigenvalue weighted by Gasteiger charge is -2.03. The van der Waals surface area contributed by atoms with Crippen LogP contribution in [0, 0.1) is 0 Å². The maximum atomic E-state index is 11.5. The van der Waals surface area contributed by atoms with Crippen LogP contribution in [0.3, 0.4) is 0 Å². The smallest absolute Gasteiger partial charge is 0.244 e. The van der Waals surface area contributed by atoms with Crippen LogP contribution in [0.15, 0.2) is 46.6 Å². The Morgan fingerprint density at radius 3 is 1.76 bits per heavy atom. The fourth-order valence-corrected chi connectivity index (χ4v) is 2.41. The first kappa shape index (κ1) is 23.4. The number of carbonyl (C=O) groups excluding carboxylic acids is 1. The molecule has 0 aromatic rings. The van der Waals surface area contributed by atoms with E-state index in [2.05, 4.69) is 51.2 Å². The number of amides is 1. The van der Waals surface area contributed by atoms with Crippen LogP contribution in [0.5, 0.6) is 0 Å². The van der Waals surface area contributed by atoms with Gasteiger partial charge in [0.05, 0.1) is 6.61 Å². The maximum Gasteiger partial charge on any atom is 0.244 e. The van der Waals surface area contributed by atoms with Gasteiger partial charge in [0.2, 0.25) is 5.91 Å². The minimum atomic E-state index is -0.124. The third-order valence-electron chi connectivity index (χ3n) is 3.94. The Bertz CT molecular complexity index is 506. The van der Waals surface area contributed by atoms with Crippen molar-refractivity contribution in [1.82, 2.24) is 5.32 Å². The number of hydrogen-bond acceptors (Lipinski definition) is 2. The Hall–Kier alpha value is -1.61. The molecule has 0 unspecified atom stereocenters. The third-order valence-corrected chi connectivity index (χ3v) is 3.94. The van der Waals surface area contributed by atoms with Crippen molar-refractivity contribution in [3.63, 3.8) is 0 Å². The van der Waals surface area contributed by atoms with E-state index in [0.717, 1.165) is 44.1 Å². The average molecular weight is 348 g/mol. The highest BCUT2D eigenvalue weighted by molar-refractivity contribution is 5.88. The Morgan fingerprint density at radius 2 is 1.28 bits per heavy atom. The molecule has 0 saturated heterocycles. The molecule has 0 radical (unpaired) electrons. The lowest BCUT2D eigenvalue weighted by molar-refractivity contribution is -0.116. The van der Waals surface area contributed by atoms with Crippen LogP contribution in [0.2, 0.25) is 0 Å². The molecule has 3 heteroatoms. The minimum Gasteiger partial charge on any atom is -0.395 e. The summed E-state index contributed by atoms with van der Waals surface area (Å²) in [5.74, 6) is -0.124. The quantitative estimate of drug-likeness (QED) is 0.374. The van der Waals surface area contributed by atoms with Gasteiger partial charge in [-0.15, -0.1) is 0 Å². The van der Waals surface area contributed by atoms with Gasteiger partial charge in [-0.25, -0.2) is 0 Å². The van der Waals surface area contributed by atoms with E-state index in [-0.39, 0.29) is 12.5 Å². The molecule has 142 valence electrons. The van der Waals surface area contributed by atoms with E-state index >= 15 is 0 Å². The Kier molecular flexibility index (Phi) is 13.8. The van der Waals surface area contributed by atoms with E-state index in [1.54, 1.807) is 6.08 Å². The van der Waals surface area contributed by atoms with Gasteiger partial charge in [-0.3, -0.25) is 4.79 Å². The monoisotopic (exact) mass is 347 g/mol. The predicted octanol–water partition coefficient (Wildman–Crippen LogP) is 5.24. The van der Waals surface area contributed by atoms with Crippen molar-refractivity contribution in [3.05, 3.63) is 46.6 Å². The topological polar surface area (TPSA) is 49.3 Å². The molecule has 0 heterocycles. The number of aliphatic hydroxyl groups is 1. The summed E-state index contributed by atoms with van der Waals surface area (Å²) in [5, 5.41) is 11.3. The van der Waals surface area contributed by atoms with E-state index < -0.39 is 0 Å². The van der Waals surface area contributed by atoms with Gasteiger partial charge < -0.3 is 10.4 Å². The van der Waals surface area contributed by atoms with Crippen molar-refractivity contribution in [1.29, 1.82) is 0 Å². The normalized spacial score (nSPS) is 13.0. The Morgan fingerprint density at radius 1 is 0.800 bits per heavy atom. The van der Waals surface area contributed by atoms with Gasteiger partial charge in [-0.05, 0) is 73.1 Å². The van der Waals surface area contributed by atoms with Gasteiger partial charge >= 0.3 is 0 Å². The summed E-state index contributed by atoms with van der Waals surface area (Å²) in [4.78, 5) is 11.5. The van der Waals surface area contributed by atoms with Crippen LogP contribution < -0.4 is 5.32 Å². The first-order chi connectivity index (χ1) is 11.8. The van der Waals surface area contributed by atoms with Gasteiger partial charge in [0.15, 0.2) is 0 Å². The molecule has 0 aromatic carbocycles. The molecule has 0 atom stereocenters. The summed E-state index contributed by atoms with van der Waals surface area (Å²) >= 11 is 0. The van der Waals surface area contributed by atoms with Crippen LogP contribution in [0.1, 0.15) is 73.1 Å². The van der Waals surface area contributed by atoms with Gasteiger partial charge in [-0.2, -0.15) is 0 Å². The Balaban J connectivity index is 4.07. The number of nitrogens with one attached hydrogen (secondary N) is 1. The zero-order valence-electron chi connectivity index (χ0n) is 16.8. The zero-order chi connectivity index (χ0) is 19.1. The molecule has 0 fully saturated rings. The molecule has 0 aliphatic rings. The van der Waals surface area contributed by atoms with E-state index in [0.29, 0.717) is 6.54 Å². The molecule has 0 aliphatic heterocycles. The largest absolute Gasteiger partial charge is 0.395 e. The summed E-state index contributed by atoms with van der Waals surface area (Å²) < 4.78 is 0. The highest BCUT2D eigenvalue weighted by Gasteiger charge is 1.97. The second-order valence-electron chi connectivity index (χ2n) is 7.00. The van der Waals surface area contributed by atoms with Crippen LogP contribution in [-0.4, -0.2) is 24.2 Å². The molecule has 3 nitrogen and oxygen atoms in total. The predicted molar refractivity (Wildman–Crippen MR) is 108 cm³/mol. The van der Waals surface area contributed by atoms with Gasteiger partial charge in [-0.1, -0.05) is 40.5 Å². The van der Waals surface area contributed by atoms with Crippen molar-refractivity contribution < 1.29 is 9.90 Å². The fraction of sp³-hybridized carbons (Fsp3) is 0.591. The van der Waals surface area contributed by atoms with Crippen molar-refractivity contribution >= 4 is 5.91 Å². The summed E-state index contributed by atoms with van der Waals surface area (Å²) in [6, 6.07) is 0. The highest BCUT2D eigenvalue weighted by atomic mass is 16.3. The molecule has 0 saturated carbocycles. The zero-order valence-corrected chi connectivity index (χ0v) is 16.8. The highest BCUT2D eigenvalue weighted by Crippen LogP contribution is 2.13. The van der Waals surface area contributed by atoms with E-state index in [4.69, 9.17) is 5.11 Å². The fourth-order valence-electron chi connectivity index (χ4n) is 2.41. The molecule has 0 rings (SSSR count). The summed E-state index contributed by atoms with van der Waals surface area (Å²) in [5.41, 5.74) is 5.33.